The fourth-order valence-electron chi connectivity index (χ4n) is 11.0. The lowest BCUT2D eigenvalue weighted by Gasteiger charge is -2.43. The van der Waals surface area contributed by atoms with Crippen molar-refractivity contribution in [2.75, 3.05) is 48.5 Å². The molecule has 1 aromatic rings. The van der Waals surface area contributed by atoms with Gasteiger partial charge in [0.2, 0.25) is 12.2 Å². The number of amides is 1. The number of aliphatic hydroxyl groups excluding tert-OH is 4. The fourth-order valence-corrected chi connectivity index (χ4v) is 11.0. The first-order valence-electron chi connectivity index (χ1n) is 27.7. The number of aromatic nitrogens is 2. The molecule has 19 unspecified atom stereocenters. The highest BCUT2D eigenvalue weighted by molar-refractivity contribution is 5.88. The molecule has 1 amide bonds. The van der Waals surface area contributed by atoms with Crippen LogP contribution in [0.5, 0.6) is 0 Å². The lowest BCUT2D eigenvalue weighted by atomic mass is 9.97. The summed E-state index contributed by atoms with van der Waals surface area (Å²) in [5.74, 6) is -4.92. The number of carbonyl (C=O) groups is 5. The number of carbonyl (C=O) groups excluding carboxylic acids is 4. The van der Waals surface area contributed by atoms with Crippen LogP contribution < -0.4 is 17.0 Å². The quantitative estimate of drug-likeness (QED) is 0.0295. The monoisotopic (exact) mass is 1150 g/mol. The fraction of sp³-hybridized carbons (Fsp3) is 0.830. The van der Waals surface area contributed by atoms with Crippen molar-refractivity contribution in [1.29, 1.82) is 0 Å². The summed E-state index contributed by atoms with van der Waals surface area (Å²) >= 11 is 0. The molecule has 456 valence electrons. The summed E-state index contributed by atoms with van der Waals surface area (Å²) < 4.78 is 58.8. The van der Waals surface area contributed by atoms with Gasteiger partial charge in [-0.1, -0.05) is 72.1 Å². The van der Waals surface area contributed by atoms with Gasteiger partial charge in [0.15, 0.2) is 18.6 Å². The Morgan fingerprint density at radius 2 is 1.34 bits per heavy atom. The Balaban J connectivity index is 1.32. The summed E-state index contributed by atoms with van der Waals surface area (Å²) in [6.07, 6.45) is -12.6. The number of unbranched alkanes of at least 4 members (excludes halogenated alkanes) is 7. The second kappa shape index (κ2) is 31.2. The van der Waals surface area contributed by atoms with Crippen LogP contribution in [-0.4, -0.2) is 227 Å². The number of nitrogens with two attached hydrogens (primary N) is 1. The normalized spacial score (nSPS) is 32.3. The third kappa shape index (κ3) is 17.3. The van der Waals surface area contributed by atoms with Crippen molar-refractivity contribution < 1.29 is 96.9 Å². The van der Waals surface area contributed by atoms with E-state index in [1.165, 1.54) is 46.1 Å². The van der Waals surface area contributed by atoms with E-state index >= 15 is 0 Å². The number of nitrogens with zero attached hydrogens (tertiary/aromatic N) is 3. The Labute approximate surface area is 465 Å². The van der Waals surface area contributed by atoms with Gasteiger partial charge in [-0.25, -0.2) is 9.59 Å². The number of hydrogen-bond acceptors (Lipinski definition) is 23. The van der Waals surface area contributed by atoms with Crippen LogP contribution in [-0.2, 0) is 71.3 Å². The van der Waals surface area contributed by atoms with Gasteiger partial charge in [-0.05, 0) is 38.6 Å². The number of esters is 3. The molecular weight excluding hydrogens is 1060 g/mol. The Bertz CT molecular complexity index is 2270. The molecule has 4 aliphatic rings. The van der Waals surface area contributed by atoms with Crippen molar-refractivity contribution in [2.24, 2.45) is 17.6 Å². The molecule has 8 N–H and O–H groups in total. The summed E-state index contributed by atoms with van der Waals surface area (Å²) in [7, 11) is 6.88. The van der Waals surface area contributed by atoms with Crippen molar-refractivity contribution in [3.05, 3.63) is 33.1 Å². The molecule has 0 radical (unpaired) electrons. The summed E-state index contributed by atoms with van der Waals surface area (Å²) in [6.45, 7) is 7.01. The molecule has 5 rings (SSSR count). The number of likely N-dealkylation sites (N-methyl/N-ethyl adjacent to an activating group) is 2. The Morgan fingerprint density at radius 3 is 1.91 bits per heavy atom. The molecule has 27 nitrogen and oxygen atoms in total. The number of hydrogen-bond donors (Lipinski definition) is 7. The van der Waals surface area contributed by atoms with Gasteiger partial charge in [-0.3, -0.25) is 38.4 Å². The van der Waals surface area contributed by atoms with E-state index in [2.05, 4.69) is 13.8 Å². The highest BCUT2D eigenvalue weighted by Gasteiger charge is 2.57. The molecule has 0 saturated carbocycles. The van der Waals surface area contributed by atoms with Crippen LogP contribution >= 0.6 is 0 Å². The number of methoxy groups -OCH3 is 3. The summed E-state index contributed by atoms with van der Waals surface area (Å²) in [5, 5.41) is 55.2. The predicted octanol–water partition coefficient (Wildman–Crippen LogP) is -0.308. The standard InChI is InChI=1S/C53H87N5O22/c1-27(2)18-16-14-12-10-11-13-15-17-19-30(75-34(60)22-28(3)23-35(61)78-52-47(73-9)46(72-8)43(71-7)29(4)74-52)24-36(62)76-32-26-56(5)38(48(67)57(6)37(32)50(68)69)44(80-51-42(66)39(63)31(25-54)77-51)45-40(64)41(65)49(79-45)58-21-20-33(59)55-53(58)70/h20-21,27-32,37-47,49,51-52,63-66H,10-19,22-26,54H2,1-9H3,(H,68,69)(H,55,59,70). The maximum atomic E-state index is 14.7. The second-order valence-corrected chi connectivity index (χ2v) is 21.9. The van der Waals surface area contributed by atoms with Crippen LogP contribution in [0.3, 0.4) is 0 Å². The summed E-state index contributed by atoms with van der Waals surface area (Å²) in [6, 6.07) is -2.60. The molecule has 4 saturated heterocycles. The highest BCUT2D eigenvalue weighted by atomic mass is 16.7. The van der Waals surface area contributed by atoms with E-state index < -0.39 is 170 Å². The van der Waals surface area contributed by atoms with E-state index in [0.29, 0.717) is 12.3 Å². The van der Waals surface area contributed by atoms with Gasteiger partial charge < -0.3 is 83.5 Å². The Morgan fingerprint density at radius 1 is 0.738 bits per heavy atom. The van der Waals surface area contributed by atoms with Crippen molar-refractivity contribution in [3.63, 3.8) is 0 Å². The van der Waals surface area contributed by atoms with Gasteiger partial charge in [-0.15, -0.1) is 0 Å². The first-order valence-corrected chi connectivity index (χ1v) is 27.7. The molecule has 0 bridgehead atoms. The number of aliphatic hydroxyl groups is 4. The van der Waals surface area contributed by atoms with Crippen LogP contribution in [0.15, 0.2) is 21.9 Å². The van der Waals surface area contributed by atoms with E-state index in [-0.39, 0.29) is 25.8 Å². The molecule has 27 heteroatoms. The average Bonchev–Trinajstić information content (AvgIpc) is 3.83. The average molecular weight is 1150 g/mol. The minimum absolute atomic E-state index is 0.216. The SMILES string of the molecule is COC1C(C)OC(OC(=O)CC(C)CC(=O)OC(CCCCCCCCCCC(C)C)CC(=O)OC2CN(C)C(C(OC3OC(CN)C(O)C3O)C3OC(n4ccc(=O)[nH]c4=O)C(O)C3O)C(=O)N(C)C2C(=O)O)C(OC)C1OC. The van der Waals surface area contributed by atoms with Gasteiger partial charge >= 0.3 is 29.6 Å². The highest BCUT2D eigenvalue weighted by Crippen LogP contribution is 2.37. The molecule has 5 heterocycles. The minimum atomic E-state index is -1.97. The summed E-state index contributed by atoms with van der Waals surface area (Å²) in [4.78, 5) is 97.6. The van der Waals surface area contributed by atoms with E-state index in [9.17, 15) is 59.1 Å². The van der Waals surface area contributed by atoms with Crippen LogP contribution in [0, 0.1) is 11.8 Å². The predicted molar refractivity (Wildman–Crippen MR) is 279 cm³/mol. The Kier molecular flexibility index (Phi) is 25.9. The van der Waals surface area contributed by atoms with Crippen LogP contribution in [0.1, 0.15) is 117 Å². The van der Waals surface area contributed by atoms with Gasteiger partial charge in [0.25, 0.3) is 5.56 Å². The second-order valence-electron chi connectivity index (χ2n) is 21.9. The van der Waals surface area contributed by atoms with Gasteiger partial charge in [-0.2, -0.15) is 0 Å². The molecular formula is C53H87N5O22. The van der Waals surface area contributed by atoms with Crippen molar-refractivity contribution in [1.82, 2.24) is 19.4 Å². The van der Waals surface area contributed by atoms with E-state index in [1.807, 2.05) is 4.98 Å². The van der Waals surface area contributed by atoms with Crippen LogP contribution in [0.2, 0.25) is 0 Å². The lowest BCUT2D eigenvalue weighted by Crippen LogP contribution is -2.59. The topological polar surface area (TPSA) is 366 Å². The van der Waals surface area contributed by atoms with E-state index in [4.69, 9.17) is 53.1 Å². The smallest absolute Gasteiger partial charge is 0.330 e. The zero-order valence-electron chi connectivity index (χ0n) is 47.4. The summed E-state index contributed by atoms with van der Waals surface area (Å²) in [5.41, 5.74) is 3.95. The number of rotatable bonds is 30. The van der Waals surface area contributed by atoms with E-state index in [0.717, 1.165) is 67.3 Å². The molecule has 0 aliphatic carbocycles. The van der Waals surface area contributed by atoms with Crippen LogP contribution in [0.25, 0.3) is 0 Å². The first-order chi connectivity index (χ1) is 38.0. The van der Waals surface area contributed by atoms with Crippen molar-refractivity contribution in [3.8, 4) is 0 Å². The molecule has 4 aliphatic heterocycles. The number of carboxylic acid groups (broad SMARTS) is 1. The number of ether oxygens (including phenoxy) is 10. The molecule has 80 heavy (non-hydrogen) atoms. The number of aliphatic carboxylic acids is 1. The largest absolute Gasteiger partial charge is 0.480 e. The van der Waals surface area contributed by atoms with Gasteiger partial charge in [0, 0.05) is 66.6 Å². The maximum Gasteiger partial charge on any atom is 0.330 e. The number of nitrogens with one attached hydrogen (secondary N) is 1. The van der Waals surface area contributed by atoms with Crippen molar-refractivity contribution in [2.45, 2.75) is 221 Å². The molecule has 4 fully saturated rings. The zero-order chi connectivity index (χ0) is 59.1. The van der Waals surface area contributed by atoms with Gasteiger partial charge in [0.1, 0.15) is 79.3 Å². The molecule has 0 aromatic carbocycles. The lowest BCUT2D eigenvalue weighted by molar-refractivity contribution is -0.297. The Hall–Kier alpha value is -4.49. The van der Waals surface area contributed by atoms with Crippen molar-refractivity contribution >= 4 is 29.8 Å². The van der Waals surface area contributed by atoms with Gasteiger partial charge in [0.05, 0.1) is 12.5 Å². The van der Waals surface area contributed by atoms with E-state index in [1.54, 1.807) is 13.8 Å². The third-order valence-corrected chi connectivity index (χ3v) is 15.3. The molecule has 19 atom stereocenters. The number of H-pyrrole nitrogens is 1. The number of carboxylic acids is 1. The number of aromatic amines is 1. The molecule has 1 aromatic heterocycles. The van der Waals surface area contributed by atoms with Crippen LogP contribution in [0.4, 0.5) is 0 Å². The maximum absolute atomic E-state index is 14.7. The zero-order valence-corrected chi connectivity index (χ0v) is 47.4. The minimum Gasteiger partial charge on any atom is -0.480 e. The first kappa shape index (κ1) is 66.3. The third-order valence-electron chi connectivity index (χ3n) is 15.3. The molecule has 0 spiro atoms.